The Morgan fingerprint density at radius 1 is 1.19 bits per heavy atom. The molecule has 114 valence electrons. The second-order valence-corrected chi connectivity index (χ2v) is 7.06. The molecule has 0 aromatic carbocycles. The van der Waals surface area contributed by atoms with Gasteiger partial charge in [0.2, 0.25) is 5.91 Å². The zero-order chi connectivity index (χ0) is 15.6. The van der Waals surface area contributed by atoms with Gasteiger partial charge in [-0.15, -0.1) is 11.3 Å². The van der Waals surface area contributed by atoms with Crippen LogP contribution in [0.25, 0.3) is 10.2 Å². The summed E-state index contributed by atoms with van der Waals surface area (Å²) in [5, 5.41) is 2.04. The van der Waals surface area contributed by atoms with Crippen LogP contribution in [0.4, 0.5) is 0 Å². The molecule has 2 aromatic rings. The van der Waals surface area contributed by atoms with E-state index < -0.39 is 0 Å². The van der Waals surface area contributed by atoms with Crippen molar-refractivity contribution < 1.29 is 4.79 Å². The first kappa shape index (κ1) is 16.2. The monoisotopic (exact) mass is 323 g/mol. The minimum Gasteiger partial charge on any atom is -0.343 e. The summed E-state index contributed by atoms with van der Waals surface area (Å²) in [6, 6.07) is 0. The van der Waals surface area contributed by atoms with Crippen LogP contribution in [0.2, 0.25) is 0 Å². The Balaban J connectivity index is 2.28. The number of thiophene rings is 1. The lowest BCUT2D eigenvalue weighted by Crippen LogP contribution is -2.31. The highest BCUT2D eigenvalue weighted by Crippen LogP contribution is 2.35. The number of nitrogens with zero attached hydrogens (tertiary/aromatic N) is 3. The third-order valence-electron chi connectivity index (χ3n) is 3.56. The number of fused-ring (bicyclic) bond motifs is 1. The van der Waals surface area contributed by atoms with Gasteiger partial charge in [-0.25, -0.2) is 9.97 Å². The lowest BCUT2D eigenvalue weighted by atomic mass is 10.2. The molecule has 21 heavy (non-hydrogen) atoms. The van der Waals surface area contributed by atoms with Gasteiger partial charge in [0.05, 0.1) is 5.75 Å². The molecule has 0 bridgehead atoms. The molecule has 0 unspecified atom stereocenters. The van der Waals surface area contributed by atoms with E-state index in [1.54, 1.807) is 11.3 Å². The summed E-state index contributed by atoms with van der Waals surface area (Å²) in [4.78, 5) is 25.4. The molecule has 0 saturated heterocycles. The molecule has 2 heterocycles. The highest BCUT2D eigenvalue weighted by atomic mass is 32.2. The molecular weight excluding hydrogens is 302 g/mol. The first-order valence-corrected chi connectivity index (χ1v) is 8.93. The second kappa shape index (κ2) is 6.75. The van der Waals surface area contributed by atoms with Crippen molar-refractivity contribution in [3.05, 3.63) is 16.3 Å². The van der Waals surface area contributed by atoms with E-state index in [1.807, 2.05) is 25.7 Å². The van der Waals surface area contributed by atoms with Crippen molar-refractivity contribution in [1.29, 1.82) is 0 Å². The first-order valence-electron chi connectivity index (χ1n) is 7.12. The van der Waals surface area contributed by atoms with Crippen LogP contribution in [-0.4, -0.2) is 39.6 Å². The number of hydrogen-bond donors (Lipinski definition) is 0. The molecule has 0 atom stereocenters. The maximum atomic E-state index is 12.2. The summed E-state index contributed by atoms with van der Waals surface area (Å²) >= 11 is 3.22. The summed E-state index contributed by atoms with van der Waals surface area (Å²) < 4.78 is 0. The van der Waals surface area contributed by atoms with Crippen molar-refractivity contribution >= 4 is 39.2 Å². The predicted octanol–water partition coefficient (Wildman–Crippen LogP) is 3.58. The van der Waals surface area contributed by atoms with Crippen LogP contribution in [0.15, 0.2) is 5.03 Å². The summed E-state index contributed by atoms with van der Waals surface area (Å²) in [6.07, 6.45) is 0. The molecule has 2 rings (SSSR count). The van der Waals surface area contributed by atoms with Gasteiger partial charge in [-0.3, -0.25) is 4.79 Å². The van der Waals surface area contributed by atoms with Gasteiger partial charge in [0.25, 0.3) is 0 Å². The minimum atomic E-state index is 0.166. The lowest BCUT2D eigenvalue weighted by molar-refractivity contribution is -0.127. The topological polar surface area (TPSA) is 46.1 Å². The molecule has 0 spiro atoms. The van der Waals surface area contributed by atoms with E-state index in [0.29, 0.717) is 5.75 Å². The Hall–Kier alpha value is -1.14. The molecule has 0 aliphatic rings. The Morgan fingerprint density at radius 2 is 1.86 bits per heavy atom. The van der Waals surface area contributed by atoms with Crippen LogP contribution in [0.5, 0.6) is 0 Å². The maximum Gasteiger partial charge on any atom is 0.232 e. The van der Waals surface area contributed by atoms with Crippen LogP contribution in [0, 0.1) is 20.8 Å². The molecule has 6 heteroatoms. The van der Waals surface area contributed by atoms with Crippen LogP contribution < -0.4 is 0 Å². The van der Waals surface area contributed by atoms with Crippen molar-refractivity contribution in [2.75, 3.05) is 18.8 Å². The Kier molecular flexibility index (Phi) is 5.22. The van der Waals surface area contributed by atoms with Gasteiger partial charge in [0, 0.05) is 23.4 Å². The smallest absolute Gasteiger partial charge is 0.232 e. The fourth-order valence-corrected chi connectivity index (χ4v) is 4.39. The Morgan fingerprint density at radius 3 is 2.48 bits per heavy atom. The average Bonchev–Trinajstić information content (AvgIpc) is 2.72. The molecule has 0 radical (unpaired) electrons. The zero-order valence-electron chi connectivity index (χ0n) is 13.2. The van der Waals surface area contributed by atoms with Gasteiger partial charge in [0.1, 0.15) is 15.7 Å². The molecule has 0 aliphatic carbocycles. The van der Waals surface area contributed by atoms with Crippen LogP contribution in [-0.2, 0) is 4.79 Å². The van der Waals surface area contributed by atoms with E-state index in [-0.39, 0.29) is 5.91 Å². The molecule has 0 aliphatic heterocycles. The van der Waals surface area contributed by atoms with Crippen LogP contribution in [0.1, 0.15) is 30.1 Å². The molecule has 4 nitrogen and oxygen atoms in total. The Labute approximate surface area is 134 Å². The predicted molar refractivity (Wildman–Crippen MR) is 90.3 cm³/mol. The first-order chi connectivity index (χ1) is 9.97. The Bertz CT molecular complexity index is 662. The largest absolute Gasteiger partial charge is 0.343 e. The number of amides is 1. The number of thioether (sulfide) groups is 1. The van der Waals surface area contributed by atoms with E-state index in [9.17, 15) is 4.79 Å². The van der Waals surface area contributed by atoms with E-state index >= 15 is 0 Å². The third kappa shape index (κ3) is 3.37. The molecule has 1 amide bonds. The van der Waals surface area contributed by atoms with Gasteiger partial charge in [-0.1, -0.05) is 11.8 Å². The molecule has 0 saturated carbocycles. The summed E-state index contributed by atoms with van der Waals surface area (Å²) in [6.45, 7) is 11.6. The number of rotatable bonds is 5. The molecule has 2 aromatic heterocycles. The second-order valence-electron chi connectivity index (χ2n) is 4.89. The number of carbonyl (C=O) groups is 1. The number of aryl methyl sites for hydroxylation is 3. The van der Waals surface area contributed by atoms with E-state index in [2.05, 4.69) is 23.8 Å². The minimum absolute atomic E-state index is 0.166. The van der Waals surface area contributed by atoms with Crippen molar-refractivity contribution in [3.8, 4) is 0 Å². The third-order valence-corrected chi connectivity index (χ3v) is 5.62. The van der Waals surface area contributed by atoms with E-state index in [1.165, 1.54) is 22.2 Å². The molecular formula is C15H21N3OS2. The van der Waals surface area contributed by atoms with Crippen LogP contribution in [0.3, 0.4) is 0 Å². The van der Waals surface area contributed by atoms with Crippen molar-refractivity contribution in [2.24, 2.45) is 0 Å². The van der Waals surface area contributed by atoms with Gasteiger partial charge in [-0.2, -0.15) is 0 Å². The van der Waals surface area contributed by atoms with Crippen molar-refractivity contribution in [1.82, 2.24) is 14.9 Å². The normalized spacial score (nSPS) is 11.1. The van der Waals surface area contributed by atoms with Gasteiger partial charge in [0.15, 0.2) is 0 Å². The maximum absolute atomic E-state index is 12.2. The summed E-state index contributed by atoms with van der Waals surface area (Å²) in [5.74, 6) is 1.36. The zero-order valence-corrected chi connectivity index (χ0v) is 14.8. The highest BCUT2D eigenvalue weighted by molar-refractivity contribution is 8.00. The van der Waals surface area contributed by atoms with E-state index in [4.69, 9.17) is 0 Å². The highest BCUT2D eigenvalue weighted by Gasteiger charge is 2.16. The molecule has 0 fully saturated rings. The number of hydrogen-bond acceptors (Lipinski definition) is 5. The SMILES string of the molecule is CCN(CC)C(=O)CSc1nc(C)nc2sc(C)c(C)c12. The van der Waals surface area contributed by atoms with Gasteiger partial charge in [-0.05, 0) is 40.2 Å². The summed E-state index contributed by atoms with van der Waals surface area (Å²) in [7, 11) is 0. The van der Waals surface area contributed by atoms with Gasteiger partial charge < -0.3 is 4.90 Å². The summed E-state index contributed by atoms with van der Waals surface area (Å²) in [5.41, 5.74) is 1.23. The number of carbonyl (C=O) groups excluding carboxylic acids is 1. The fraction of sp³-hybridized carbons (Fsp3) is 0.533. The van der Waals surface area contributed by atoms with Crippen molar-refractivity contribution in [2.45, 2.75) is 39.6 Å². The van der Waals surface area contributed by atoms with Crippen molar-refractivity contribution in [3.63, 3.8) is 0 Å². The van der Waals surface area contributed by atoms with Crippen LogP contribution >= 0.6 is 23.1 Å². The average molecular weight is 323 g/mol. The standard InChI is InChI=1S/C15H21N3OS2/c1-6-18(7-2)12(19)8-20-14-13-9(3)10(4)21-15(13)17-11(5)16-14/h6-8H2,1-5H3. The quantitative estimate of drug-likeness (QED) is 0.623. The van der Waals surface area contributed by atoms with E-state index in [0.717, 1.165) is 34.2 Å². The number of aromatic nitrogens is 2. The fourth-order valence-electron chi connectivity index (χ4n) is 2.22. The lowest BCUT2D eigenvalue weighted by Gasteiger charge is -2.18. The van der Waals surface area contributed by atoms with Gasteiger partial charge >= 0.3 is 0 Å². The molecule has 0 N–H and O–H groups in total.